The molecule has 0 aliphatic heterocycles. The van der Waals surface area contributed by atoms with Crippen molar-refractivity contribution >= 4 is 66.0 Å². The highest BCUT2D eigenvalue weighted by Gasteiger charge is 2.47. The fourth-order valence-electron chi connectivity index (χ4n) is 5.37. The minimum absolute atomic E-state index is 0.0193. The summed E-state index contributed by atoms with van der Waals surface area (Å²) in [5.41, 5.74) is -9.54. The second-order valence-electron chi connectivity index (χ2n) is 12.0. The van der Waals surface area contributed by atoms with Crippen molar-refractivity contribution < 1.29 is 67.3 Å². The number of ether oxygens (including phenoxy) is 2. The molecule has 53 heavy (non-hydrogen) atoms. The van der Waals surface area contributed by atoms with Crippen molar-refractivity contribution in [3.8, 4) is 0 Å². The number of carbonyl (C=O) groups excluding carboxylic acids is 1. The van der Waals surface area contributed by atoms with Gasteiger partial charge in [-0.25, -0.2) is 21.6 Å². The van der Waals surface area contributed by atoms with Crippen molar-refractivity contribution in [2.75, 3.05) is 29.2 Å². The monoisotopic (exact) mass is 844 g/mol. The van der Waals surface area contributed by atoms with E-state index in [0.29, 0.717) is 37.1 Å². The molecule has 0 spiro atoms. The number of sulfone groups is 2. The largest absolute Gasteiger partial charge is 0.501 e. The molecule has 0 bridgehead atoms. The third kappa shape index (κ3) is 15.1. The Bertz CT molecular complexity index is 1540. The van der Waals surface area contributed by atoms with Crippen molar-refractivity contribution in [3.63, 3.8) is 0 Å². The van der Waals surface area contributed by atoms with E-state index >= 15 is 0 Å². The van der Waals surface area contributed by atoms with Crippen LogP contribution >= 0.6 is 23.2 Å². The van der Waals surface area contributed by atoms with Crippen LogP contribution in [0.1, 0.15) is 58.3 Å². The average Bonchev–Trinajstić information content (AvgIpc) is 3.08. The standard InChI is InChI=1S/C16H20F3NO4S.C15H18F3NO5S.CH2Cl2/c1-11(21)10-24-14-6-2-12(3-7-14)20-13-4-8-15(9-5-13)25(22,23)16(17,18)19;16-15(17,18)25(22,23)13-7-3-11(4-8-13)19-10-1-5-12(6-2-10)24-9-14(20)21;2-1-3/h4-5,8-9,12,14,20H,2-3,6-7,10H2,1H3;3-4,7-8,10,12,19H,1-2,5-6,9H2,(H,20,21);1H2. The average molecular weight is 846 g/mol. The number of rotatable bonds is 12. The lowest BCUT2D eigenvalue weighted by molar-refractivity contribution is -0.145. The molecule has 2 aromatic rings. The minimum Gasteiger partial charge on any atom is -0.480 e. The number of hydrogen-bond donors (Lipinski definition) is 3. The van der Waals surface area contributed by atoms with E-state index < -0.39 is 46.5 Å². The SMILES string of the molecule is CC(=O)COC1CCC(Nc2ccc(S(=O)(=O)C(F)(F)F)cc2)CC1.ClCCl.O=C(O)COC1CCC(Nc2ccc(S(=O)(=O)C(F)(F)F)cc2)CC1. The van der Waals surface area contributed by atoms with Gasteiger partial charge in [-0.3, -0.25) is 4.79 Å². The minimum atomic E-state index is -5.34. The van der Waals surface area contributed by atoms with Crippen molar-refractivity contribution in [3.05, 3.63) is 48.5 Å². The number of nitrogens with one attached hydrogen (secondary N) is 2. The molecule has 21 heteroatoms. The molecule has 0 aromatic heterocycles. The lowest BCUT2D eigenvalue weighted by Gasteiger charge is -2.29. The highest BCUT2D eigenvalue weighted by molar-refractivity contribution is 7.92. The molecule has 2 aromatic carbocycles. The Kier molecular flexibility index (Phi) is 18.1. The third-order valence-corrected chi connectivity index (χ3v) is 11.0. The maximum Gasteiger partial charge on any atom is 0.501 e. The number of carboxylic acid groups (broad SMARTS) is 1. The molecule has 2 fully saturated rings. The first-order chi connectivity index (χ1) is 24.6. The maximum atomic E-state index is 12.5. The van der Waals surface area contributed by atoms with Crippen LogP contribution in [0.5, 0.6) is 0 Å². The van der Waals surface area contributed by atoms with E-state index in [1.165, 1.54) is 31.2 Å². The summed E-state index contributed by atoms with van der Waals surface area (Å²) in [6, 6.07) is 9.20. The predicted molar refractivity (Wildman–Crippen MR) is 185 cm³/mol. The Morgan fingerprint density at radius 2 is 0.962 bits per heavy atom. The normalized spacial score (nSPS) is 20.8. The zero-order valence-electron chi connectivity index (χ0n) is 28.3. The van der Waals surface area contributed by atoms with Gasteiger partial charge in [0, 0.05) is 23.5 Å². The van der Waals surface area contributed by atoms with Gasteiger partial charge in [0.15, 0.2) is 5.78 Å². The Hall–Kier alpha value is -2.84. The summed E-state index contributed by atoms with van der Waals surface area (Å²) < 4.78 is 131. The molecule has 0 unspecified atom stereocenters. The number of aliphatic carboxylic acids is 1. The number of benzene rings is 2. The number of anilines is 2. The summed E-state index contributed by atoms with van der Waals surface area (Å²) in [6.45, 7) is 1.24. The lowest BCUT2D eigenvalue weighted by atomic mass is 9.92. The zero-order valence-corrected chi connectivity index (χ0v) is 31.4. The first-order valence-electron chi connectivity index (χ1n) is 16.0. The Morgan fingerprint density at radius 1 is 0.660 bits per heavy atom. The molecule has 0 radical (unpaired) electrons. The first-order valence-corrected chi connectivity index (χ1v) is 20.1. The van der Waals surface area contributed by atoms with Crippen molar-refractivity contribution in [2.45, 2.75) is 103 Å². The molecule has 2 aliphatic carbocycles. The molecule has 300 valence electrons. The van der Waals surface area contributed by atoms with E-state index in [1.807, 2.05) is 0 Å². The Balaban J connectivity index is 0.000000341. The number of alkyl halides is 8. The van der Waals surface area contributed by atoms with E-state index in [0.717, 1.165) is 49.9 Å². The van der Waals surface area contributed by atoms with Gasteiger partial charge in [-0.15, -0.1) is 23.2 Å². The Labute approximate surface area is 313 Å². The van der Waals surface area contributed by atoms with Gasteiger partial charge in [-0.05, 0) is 107 Å². The van der Waals surface area contributed by atoms with E-state index in [4.69, 9.17) is 37.8 Å². The highest BCUT2D eigenvalue weighted by atomic mass is 35.5. The summed E-state index contributed by atoms with van der Waals surface area (Å²) in [4.78, 5) is 19.8. The quantitative estimate of drug-likeness (QED) is 0.143. The molecule has 0 heterocycles. The summed E-state index contributed by atoms with van der Waals surface area (Å²) in [5, 5.41) is 15.1. The number of carbonyl (C=O) groups is 2. The van der Waals surface area contributed by atoms with E-state index in [1.54, 1.807) is 0 Å². The molecule has 0 amide bonds. The summed E-state index contributed by atoms with van der Waals surface area (Å²) in [7, 11) is -10.7. The van der Waals surface area contributed by atoms with Gasteiger partial charge < -0.3 is 25.2 Å². The van der Waals surface area contributed by atoms with E-state index in [9.17, 15) is 52.8 Å². The van der Waals surface area contributed by atoms with Crippen LogP contribution in [0.4, 0.5) is 37.7 Å². The summed E-state index contributed by atoms with van der Waals surface area (Å²) in [6.07, 6.45) is 5.86. The highest BCUT2D eigenvalue weighted by Crippen LogP contribution is 2.33. The number of hydrogen-bond acceptors (Lipinski definition) is 10. The van der Waals surface area contributed by atoms with Crippen LogP contribution in [0.3, 0.4) is 0 Å². The zero-order chi connectivity index (χ0) is 40.0. The van der Waals surface area contributed by atoms with Crippen LogP contribution in [0.25, 0.3) is 0 Å². The molecule has 11 nitrogen and oxygen atoms in total. The predicted octanol–water partition coefficient (Wildman–Crippen LogP) is 7.53. The van der Waals surface area contributed by atoms with Crippen molar-refractivity contribution in [1.82, 2.24) is 0 Å². The topological polar surface area (TPSA) is 165 Å². The van der Waals surface area contributed by atoms with Gasteiger partial charge in [0.05, 0.1) is 27.3 Å². The van der Waals surface area contributed by atoms with Crippen molar-refractivity contribution in [2.24, 2.45) is 0 Å². The Morgan fingerprint density at radius 3 is 1.23 bits per heavy atom. The van der Waals surface area contributed by atoms with Gasteiger partial charge in [0.1, 0.15) is 13.2 Å². The van der Waals surface area contributed by atoms with E-state index in [-0.39, 0.29) is 48.6 Å². The fourth-order valence-corrected chi connectivity index (χ4v) is 6.89. The second kappa shape index (κ2) is 20.7. The molecule has 2 aliphatic rings. The van der Waals surface area contributed by atoms with Crippen LogP contribution in [0.15, 0.2) is 58.3 Å². The number of ketones is 1. The van der Waals surface area contributed by atoms with Gasteiger partial charge >= 0.3 is 17.0 Å². The molecule has 0 saturated heterocycles. The van der Waals surface area contributed by atoms with Gasteiger partial charge in [0.25, 0.3) is 19.7 Å². The van der Waals surface area contributed by atoms with Gasteiger partial charge in [0.2, 0.25) is 0 Å². The fraction of sp³-hybridized carbons (Fsp3) is 0.562. The summed E-state index contributed by atoms with van der Waals surface area (Å²) in [5.74, 6) is -1.04. The van der Waals surface area contributed by atoms with Crippen LogP contribution in [-0.4, -0.2) is 87.6 Å². The number of halogens is 8. The van der Waals surface area contributed by atoms with Crippen molar-refractivity contribution in [1.29, 1.82) is 0 Å². The van der Waals surface area contributed by atoms with Crippen LogP contribution < -0.4 is 10.6 Å². The summed E-state index contributed by atoms with van der Waals surface area (Å²) >= 11 is 9.53. The molecule has 3 N–H and O–H groups in total. The molecule has 0 atom stereocenters. The van der Waals surface area contributed by atoms with Gasteiger partial charge in [-0.1, -0.05) is 0 Å². The first kappa shape index (κ1) is 46.3. The van der Waals surface area contributed by atoms with Gasteiger partial charge in [-0.2, -0.15) is 26.3 Å². The molecular formula is C32H40Cl2F6N2O9S2. The lowest BCUT2D eigenvalue weighted by Crippen LogP contribution is -2.30. The van der Waals surface area contributed by atoms with Crippen LogP contribution in [0.2, 0.25) is 0 Å². The van der Waals surface area contributed by atoms with Crippen LogP contribution in [0, 0.1) is 0 Å². The third-order valence-electron chi connectivity index (χ3n) is 7.99. The smallest absolute Gasteiger partial charge is 0.480 e. The molecule has 4 rings (SSSR count). The molecule has 2 saturated carbocycles. The maximum absolute atomic E-state index is 12.5. The molecular weight excluding hydrogens is 805 g/mol. The number of Topliss-reactive ketones (excluding diaryl/α,β-unsaturated/α-hetero) is 1. The van der Waals surface area contributed by atoms with Crippen LogP contribution in [-0.2, 0) is 38.7 Å². The number of carboxylic acids is 1. The van der Waals surface area contributed by atoms with E-state index in [2.05, 4.69) is 10.6 Å². The second-order valence-corrected chi connectivity index (χ2v) is 16.7.